The van der Waals surface area contributed by atoms with Crippen LogP contribution in [0.15, 0.2) is 70.6 Å². The molecule has 1 amide bonds. The Kier molecular flexibility index (Phi) is 11.8. The lowest BCUT2D eigenvalue weighted by Gasteiger charge is -2.27. The molecule has 1 aromatic heterocycles. The number of carbonyl (C=O) groups is 1. The number of ether oxygens (including phenoxy) is 1. The van der Waals surface area contributed by atoms with E-state index in [0.29, 0.717) is 35.3 Å². The first-order valence-corrected chi connectivity index (χ1v) is 17.1. The number of alkyl halides is 6. The van der Waals surface area contributed by atoms with Gasteiger partial charge in [0.1, 0.15) is 11.7 Å². The number of fused-ring (bicyclic) bond motifs is 1. The molecule has 51 heavy (non-hydrogen) atoms. The lowest BCUT2D eigenvalue weighted by atomic mass is 10.1. The lowest BCUT2D eigenvalue weighted by Crippen LogP contribution is -2.37. The van der Waals surface area contributed by atoms with Gasteiger partial charge in [0.25, 0.3) is 10.0 Å². The quantitative estimate of drug-likeness (QED) is 0.0981. The van der Waals surface area contributed by atoms with Crippen LogP contribution in [0, 0.1) is 5.92 Å². The molecular weight excluding hydrogens is 702 g/mol. The average molecular weight is 741 g/mol. The molecule has 0 unspecified atom stereocenters. The van der Waals surface area contributed by atoms with Crippen LogP contribution in [0.3, 0.4) is 0 Å². The summed E-state index contributed by atoms with van der Waals surface area (Å²) in [6.45, 7) is 3.84. The van der Waals surface area contributed by atoms with Gasteiger partial charge in [-0.1, -0.05) is 38.1 Å². The van der Waals surface area contributed by atoms with Crippen molar-refractivity contribution in [2.24, 2.45) is 23.7 Å². The van der Waals surface area contributed by atoms with E-state index in [0.717, 1.165) is 9.87 Å². The second-order valence-electron chi connectivity index (χ2n) is 12.5. The lowest BCUT2D eigenvalue weighted by molar-refractivity contribution is -0.143. The summed E-state index contributed by atoms with van der Waals surface area (Å²) >= 11 is 0. The number of nitrogens with zero attached hydrogens (tertiary/aromatic N) is 5. The number of imidazole rings is 1. The number of sulfonamides is 1. The number of hydrogen-bond donors (Lipinski definition) is 1. The molecule has 0 aliphatic rings. The molecule has 0 spiro atoms. The van der Waals surface area contributed by atoms with E-state index in [2.05, 4.69) is 9.98 Å². The van der Waals surface area contributed by atoms with Crippen molar-refractivity contribution in [1.29, 1.82) is 0 Å². The molecule has 17 heteroatoms. The first-order valence-electron chi connectivity index (χ1n) is 15.7. The third-order valence-electron chi connectivity index (χ3n) is 7.78. The van der Waals surface area contributed by atoms with Crippen molar-refractivity contribution in [3.63, 3.8) is 0 Å². The van der Waals surface area contributed by atoms with Crippen molar-refractivity contribution >= 4 is 38.7 Å². The highest BCUT2D eigenvalue weighted by molar-refractivity contribution is 7.92. The van der Waals surface area contributed by atoms with Crippen molar-refractivity contribution in [3.05, 3.63) is 88.7 Å². The number of aliphatic imine (C=N–C) groups is 1. The molecule has 0 saturated carbocycles. The monoisotopic (exact) mass is 740 g/mol. The van der Waals surface area contributed by atoms with Crippen LogP contribution in [-0.2, 0) is 47.0 Å². The number of aromatic nitrogens is 2. The van der Waals surface area contributed by atoms with Gasteiger partial charge >= 0.3 is 18.4 Å². The van der Waals surface area contributed by atoms with Gasteiger partial charge in [-0.3, -0.25) is 4.31 Å². The Bertz CT molecular complexity index is 1970. The van der Waals surface area contributed by atoms with E-state index in [1.807, 2.05) is 30.5 Å². The number of amidine groups is 1. The van der Waals surface area contributed by atoms with Crippen LogP contribution in [0.25, 0.3) is 11.0 Å². The van der Waals surface area contributed by atoms with Gasteiger partial charge < -0.3 is 19.9 Å². The predicted molar refractivity (Wildman–Crippen MR) is 181 cm³/mol. The van der Waals surface area contributed by atoms with Gasteiger partial charge in [-0.25, -0.2) is 18.2 Å². The number of benzene rings is 3. The van der Waals surface area contributed by atoms with E-state index in [-0.39, 0.29) is 55.3 Å². The summed E-state index contributed by atoms with van der Waals surface area (Å²) in [6, 6.07) is 11.8. The first-order chi connectivity index (χ1) is 23.7. The summed E-state index contributed by atoms with van der Waals surface area (Å²) in [6.07, 6.45) is -10.2. The number of rotatable bonds is 12. The largest absolute Gasteiger partial charge is 0.448 e. The predicted octanol–water partition coefficient (Wildman–Crippen LogP) is 6.65. The van der Waals surface area contributed by atoms with Crippen molar-refractivity contribution in [2.75, 3.05) is 38.1 Å². The Morgan fingerprint density at radius 2 is 1.53 bits per heavy atom. The van der Waals surface area contributed by atoms with Crippen molar-refractivity contribution in [2.45, 2.75) is 43.9 Å². The molecule has 276 valence electrons. The zero-order chi connectivity index (χ0) is 37.9. The number of amides is 1. The molecule has 2 N–H and O–H groups in total. The Balaban J connectivity index is 1.62. The van der Waals surface area contributed by atoms with Crippen LogP contribution < -0.4 is 10.0 Å². The van der Waals surface area contributed by atoms with E-state index in [9.17, 15) is 39.6 Å². The number of likely N-dealkylation sites (N-methyl/N-ethyl adjacent to an activating group) is 1. The molecule has 0 aliphatic heterocycles. The molecule has 0 atom stereocenters. The number of hydrogen-bond acceptors (Lipinski definition) is 6. The minimum atomic E-state index is -5.23. The number of halogens is 6. The van der Waals surface area contributed by atoms with Gasteiger partial charge in [0, 0.05) is 32.1 Å². The molecule has 0 saturated heterocycles. The smallest absolute Gasteiger partial charge is 0.435 e. The van der Waals surface area contributed by atoms with Crippen LogP contribution in [0.5, 0.6) is 0 Å². The zero-order valence-electron chi connectivity index (χ0n) is 28.5. The normalized spacial score (nSPS) is 13.0. The standard InChI is InChI=1S/C34H38F6N6O4S/c1-21(2)20-50-32(47)43-31(41)23-9-6-22(7-10-23)8-13-30-42-28-19-26(11-12-29(28)45(30)5)46(15-14-44(3)4)51(48,49)27-17-24(33(35,36)37)16-25(18-27)34(38,39)40/h6-7,9-12,16-19,21H,8,13-15,20H2,1-5H3,(H2,41,43,47). The number of nitrogens with two attached hydrogens (primary N) is 1. The maximum absolute atomic E-state index is 13.9. The van der Waals surface area contributed by atoms with Gasteiger partial charge in [-0.15, -0.1) is 0 Å². The van der Waals surface area contributed by atoms with Crippen molar-refractivity contribution in [1.82, 2.24) is 14.5 Å². The minimum Gasteiger partial charge on any atom is -0.448 e. The topological polar surface area (TPSA) is 123 Å². The van der Waals surface area contributed by atoms with Crippen LogP contribution in [0.1, 0.15) is 41.9 Å². The fraction of sp³-hybridized carbons (Fsp3) is 0.382. The molecule has 0 fully saturated rings. The third-order valence-corrected chi connectivity index (χ3v) is 9.59. The van der Waals surface area contributed by atoms with Gasteiger partial charge in [0.2, 0.25) is 0 Å². The summed E-state index contributed by atoms with van der Waals surface area (Å²) in [5.74, 6) is 0.797. The first kappa shape index (κ1) is 39.2. The Morgan fingerprint density at radius 1 is 0.922 bits per heavy atom. The Hall–Kier alpha value is -4.64. The van der Waals surface area contributed by atoms with Gasteiger partial charge in [0.15, 0.2) is 0 Å². The molecule has 10 nitrogen and oxygen atoms in total. The molecular formula is C34H38F6N6O4S. The van der Waals surface area contributed by atoms with Crippen LogP contribution in [0.2, 0.25) is 0 Å². The van der Waals surface area contributed by atoms with E-state index in [1.165, 1.54) is 12.1 Å². The van der Waals surface area contributed by atoms with Crippen LogP contribution in [0.4, 0.5) is 36.8 Å². The van der Waals surface area contributed by atoms with Gasteiger partial charge in [-0.2, -0.15) is 31.3 Å². The van der Waals surface area contributed by atoms with E-state index >= 15 is 0 Å². The molecule has 0 radical (unpaired) electrons. The van der Waals surface area contributed by atoms with E-state index < -0.39 is 44.5 Å². The zero-order valence-corrected chi connectivity index (χ0v) is 29.3. The van der Waals surface area contributed by atoms with E-state index in [1.54, 1.807) is 44.2 Å². The van der Waals surface area contributed by atoms with E-state index in [4.69, 9.17) is 10.5 Å². The van der Waals surface area contributed by atoms with Crippen LogP contribution in [-0.4, -0.2) is 68.6 Å². The summed E-state index contributed by atoms with van der Waals surface area (Å²) < 4.78 is 117. The molecule has 4 rings (SSSR count). The fourth-order valence-electron chi connectivity index (χ4n) is 5.03. The second kappa shape index (κ2) is 15.3. The van der Waals surface area contributed by atoms with Gasteiger partial charge in [0.05, 0.1) is 39.4 Å². The highest BCUT2D eigenvalue weighted by Crippen LogP contribution is 2.38. The molecule has 0 bridgehead atoms. The average Bonchev–Trinajstić information content (AvgIpc) is 3.36. The maximum Gasteiger partial charge on any atom is 0.435 e. The fourth-order valence-corrected chi connectivity index (χ4v) is 6.55. The van der Waals surface area contributed by atoms with Crippen LogP contribution >= 0.6 is 0 Å². The second-order valence-corrected chi connectivity index (χ2v) is 14.4. The summed E-state index contributed by atoms with van der Waals surface area (Å²) in [5.41, 5.74) is 4.95. The van der Waals surface area contributed by atoms with Gasteiger partial charge in [-0.05, 0) is 68.4 Å². The highest BCUT2D eigenvalue weighted by atomic mass is 32.2. The third kappa shape index (κ3) is 9.78. The summed E-state index contributed by atoms with van der Waals surface area (Å²) in [7, 11) is 0.131. The Morgan fingerprint density at radius 3 is 2.08 bits per heavy atom. The summed E-state index contributed by atoms with van der Waals surface area (Å²) in [4.78, 5) is 20.8. The SMILES string of the molecule is CC(C)COC(=O)/N=C(\N)c1ccc(CCc2nc3cc(N(CCN(C)C)S(=O)(=O)c4cc(C(F)(F)F)cc(C(F)(F)F)c4)ccc3n2C)cc1. The number of anilines is 1. The molecule has 3 aromatic carbocycles. The highest BCUT2D eigenvalue weighted by Gasteiger charge is 2.39. The Labute approximate surface area is 291 Å². The van der Waals surface area contributed by atoms with Crippen molar-refractivity contribution in [3.8, 4) is 0 Å². The molecule has 0 aliphatic carbocycles. The van der Waals surface area contributed by atoms with Crippen molar-refractivity contribution < 1.29 is 44.3 Å². The number of carbonyl (C=O) groups excluding carboxylic acids is 1. The minimum absolute atomic E-state index is 0.0111. The summed E-state index contributed by atoms with van der Waals surface area (Å²) in [5, 5.41) is 0. The number of aryl methyl sites for hydroxylation is 3. The molecule has 1 heterocycles. The molecule has 4 aromatic rings. The maximum atomic E-state index is 13.9.